The Hall–Kier alpha value is -2.41. The van der Waals surface area contributed by atoms with Crippen molar-refractivity contribution in [1.82, 2.24) is 20.2 Å². The van der Waals surface area contributed by atoms with Crippen LogP contribution >= 0.6 is 0 Å². The number of oxazole rings is 1. The van der Waals surface area contributed by atoms with E-state index in [1.165, 1.54) is 6.26 Å². The molecule has 0 fully saturated rings. The Bertz CT molecular complexity index is 592. The zero-order chi connectivity index (χ0) is 15.2. The van der Waals surface area contributed by atoms with Gasteiger partial charge in [-0.2, -0.15) is 0 Å². The van der Waals surface area contributed by atoms with E-state index in [1.807, 2.05) is 14.1 Å². The molecule has 112 valence electrons. The molecule has 1 amide bonds. The van der Waals surface area contributed by atoms with Gasteiger partial charge in [0.15, 0.2) is 5.69 Å². The predicted octanol–water partition coefficient (Wildman–Crippen LogP) is 1.00. The van der Waals surface area contributed by atoms with Crippen molar-refractivity contribution >= 4 is 11.7 Å². The highest BCUT2D eigenvalue weighted by Crippen LogP contribution is 2.18. The summed E-state index contributed by atoms with van der Waals surface area (Å²) in [6.45, 7) is 1.52. The van der Waals surface area contributed by atoms with E-state index in [0.717, 1.165) is 13.0 Å². The average Bonchev–Trinajstić information content (AvgIpc) is 2.94. The van der Waals surface area contributed by atoms with Gasteiger partial charge in [0.1, 0.15) is 12.1 Å². The smallest absolute Gasteiger partial charge is 0.273 e. The Balaban J connectivity index is 1.93. The molecule has 2 rings (SSSR count). The van der Waals surface area contributed by atoms with Crippen LogP contribution < -0.4 is 11.1 Å². The summed E-state index contributed by atoms with van der Waals surface area (Å²) >= 11 is 0. The molecule has 0 aliphatic rings. The second kappa shape index (κ2) is 6.85. The molecule has 0 bridgehead atoms. The maximum Gasteiger partial charge on any atom is 0.273 e. The van der Waals surface area contributed by atoms with Gasteiger partial charge in [-0.1, -0.05) is 0 Å². The normalized spacial score (nSPS) is 10.8. The number of nitrogen functional groups attached to an aromatic ring is 1. The zero-order valence-corrected chi connectivity index (χ0v) is 12.2. The quantitative estimate of drug-likeness (QED) is 0.770. The van der Waals surface area contributed by atoms with Crippen LogP contribution in [0.15, 0.2) is 29.0 Å². The van der Waals surface area contributed by atoms with Crippen molar-refractivity contribution in [2.45, 2.75) is 6.42 Å². The van der Waals surface area contributed by atoms with Gasteiger partial charge >= 0.3 is 0 Å². The van der Waals surface area contributed by atoms with Gasteiger partial charge in [0.05, 0.1) is 5.56 Å². The van der Waals surface area contributed by atoms with Crippen LogP contribution in [-0.2, 0) is 0 Å². The Morgan fingerprint density at radius 1 is 1.43 bits per heavy atom. The number of nitrogens with one attached hydrogen (secondary N) is 1. The number of anilines is 1. The van der Waals surface area contributed by atoms with E-state index in [2.05, 4.69) is 20.2 Å². The van der Waals surface area contributed by atoms with Crippen LogP contribution in [0, 0.1) is 0 Å². The molecule has 0 aliphatic carbocycles. The molecule has 0 radical (unpaired) electrons. The van der Waals surface area contributed by atoms with Gasteiger partial charge in [0.2, 0.25) is 5.89 Å². The fourth-order valence-corrected chi connectivity index (χ4v) is 1.73. The third-order valence-corrected chi connectivity index (χ3v) is 2.84. The average molecular weight is 289 g/mol. The molecular formula is C14H19N5O2. The van der Waals surface area contributed by atoms with Gasteiger partial charge in [-0.3, -0.25) is 4.79 Å². The van der Waals surface area contributed by atoms with Gasteiger partial charge in [-0.15, -0.1) is 0 Å². The third kappa shape index (κ3) is 4.28. The van der Waals surface area contributed by atoms with Crippen LogP contribution in [0.5, 0.6) is 0 Å². The molecule has 0 unspecified atom stereocenters. The first-order valence-corrected chi connectivity index (χ1v) is 6.66. The molecule has 0 saturated heterocycles. The fraction of sp³-hybridized carbons (Fsp3) is 0.357. The molecule has 0 spiro atoms. The zero-order valence-electron chi connectivity index (χ0n) is 12.2. The summed E-state index contributed by atoms with van der Waals surface area (Å²) in [5, 5.41) is 2.80. The highest BCUT2D eigenvalue weighted by molar-refractivity contribution is 5.92. The van der Waals surface area contributed by atoms with E-state index >= 15 is 0 Å². The summed E-state index contributed by atoms with van der Waals surface area (Å²) in [7, 11) is 3.98. The summed E-state index contributed by atoms with van der Waals surface area (Å²) < 4.78 is 5.30. The van der Waals surface area contributed by atoms with Crippen molar-refractivity contribution in [3.63, 3.8) is 0 Å². The van der Waals surface area contributed by atoms with E-state index in [0.29, 0.717) is 23.8 Å². The van der Waals surface area contributed by atoms with Crippen molar-refractivity contribution in [1.29, 1.82) is 0 Å². The Kier molecular flexibility index (Phi) is 4.89. The van der Waals surface area contributed by atoms with Gasteiger partial charge in [0.25, 0.3) is 5.91 Å². The lowest BCUT2D eigenvalue weighted by Crippen LogP contribution is -2.27. The number of carbonyl (C=O) groups excluding carboxylic acids is 1. The first kappa shape index (κ1) is 15.0. The van der Waals surface area contributed by atoms with Crippen molar-refractivity contribution in [2.24, 2.45) is 0 Å². The van der Waals surface area contributed by atoms with Gasteiger partial charge in [-0.25, -0.2) is 9.97 Å². The minimum atomic E-state index is -0.243. The molecule has 2 aromatic rings. The van der Waals surface area contributed by atoms with E-state index in [1.54, 1.807) is 18.3 Å². The first-order chi connectivity index (χ1) is 10.1. The second-order valence-electron chi connectivity index (χ2n) is 4.92. The standard InChI is InChI=1S/C14H19N5O2/c1-19(2)7-3-6-16-13(20)11-9-21-14(18-11)10-4-5-12(15)17-8-10/h4-5,8-9H,3,6-7H2,1-2H3,(H2,15,17)(H,16,20). The topological polar surface area (TPSA) is 97.3 Å². The molecule has 0 aromatic carbocycles. The Morgan fingerprint density at radius 3 is 2.90 bits per heavy atom. The summed E-state index contributed by atoms with van der Waals surface area (Å²) in [6.07, 6.45) is 3.78. The minimum Gasteiger partial charge on any atom is -0.444 e. The summed E-state index contributed by atoms with van der Waals surface area (Å²) in [5.74, 6) is 0.525. The van der Waals surface area contributed by atoms with Crippen LogP contribution in [-0.4, -0.2) is 48.0 Å². The van der Waals surface area contributed by atoms with E-state index in [9.17, 15) is 4.79 Å². The number of rotatable bonds is 6. The molecule has 21 heavy (non-hydrogen) atoms. The molecule has 7 nitrogen and oxygen atoms in total. The van der Waals surface area contributed by atoms with Crippen LogP contribution in [0.1, 0.15) is 16.9 Å². The number of amides is 1. The lowest BCUT2D eigenvalue weighted by atomic mass is 10.3. The molecule has 2 heterocycles. The maximum atomic E-state index is 11.9. The van der Waals surface area contributed by atoms with E-state index < -0.39 is 0 Å². The van der Waals surface area contributed by atoms with Crippen molar-refractivity contribution in [3.05, 3.63) is 30.3 Å². The molecule has 3 N–H and O–H groups in total. The summed E-state index contributed by atoms with van der Waals surface area (Å²) in [5.41, 5.74) is 6.45. The number of nitrogens with two attached hydrogens (primary N) is 1. The molecule has 0 saturated carbocycles. The molecule has 0 atom stereocenters. The minimum absolute atomic E-state index is 0.243. The number of pyridine rings is 1. The lowest BCUT2D eigenvalue weighted by molar-refractivity contribution is 0.0947. The summed E-state index contributed by atoms with van der Waals surface area (Å²) in [6, 6.07) is 3.40. The number of aromatic nitrogens is 2. The van der Waals surface area contributed by atoms with Gasteiger partial charge < -0.3 is 20.4 Å². The summed E-state index contributed by atoms with van der Waals surface area (Å²) in [4.78, 5) is 22.1. The van der Waals surface area contributed by atoms with Crippen LogP contribution in [0.3, 0.4) is 0 Å². The second-order valence-corrected chi connectivity index (χ2v) is 4.92. The molecule has 2 aromatic heterocycles. The molecule has 0 aliphatic heterocycles. The van der Waals surface area contributed by atoms with Crippen LogP contribution in [0.2, 0.25) is 0 Å². The third-order valence-electron chi connectivity index (χ3n) is 2.84. The number of hydrogen-bond acceptors (Lipinski definition) is 6. The maximum absolute atomic E-state index is 11.9. The molecular weight excluding hydrogens is 270 g/mol. The Morgan fingerprint density at radius 2 is 2.24 bits per heavy atom. The number of hydrogen-bond donors (Lipinski definition) is 2. The molecule has 7 heteroatoms. The predicted molar refractivity (Wildman–Crippen MR) is 79.7 cm³/mol. The lowest BCUT2D eigenvalue weighted by Gasteiger charge is -2.08. The number of nitrogens with zero attached hydrogens (tertiary/aromatic N) is 3. The fourth-order valence-electron chi connectivity index (χ4n) is 1.73. The Labute approximate surface area is 123 Å². The van der Waals surface area contributed by atoms with E-state index in [-0.39, 0.29) is 11.6 Å². The highest BCUT2D eigenvalue weighted by atomic mass is 16.3. The highest BCUT2D eigenvalue weighted by Gasteiger charge is 2.13. The van der Waals surface area contributed by atoms with E-state index in [4.69, 9.17) is 10.2 Å². The van der Waals surface area contributed by atoms with Crippen LogP contribution in [0.25, 0.3) is 11.5 Å². The monoisotopic (exact) mass is 289 g/mol. The SMILES string of the molecule is CN(C)CCCNC(=O)c1coc(-c2ccc(N)nc2)n1. The van der Waals surface area contributed by atoms with Gasteiger partial charge in [-0.05, 0) is 39.2 Å². The largest absolute Gasteiger partial charge is 0.444 e. The van der Waals surface area contributed by atoms with Crippen molar-refractivity contribution < 1.29 is 9.21 Å². The van der Waals surface area contributed by atoms with Crippen molar-refractivity contribution in [3.8, 4) is 11.5 Å². The van der Waals surface area contributed by atoms with Crippen LogP contribution in [0.4, 0.5) is 5.82 Å². The first-order valence-electron chi connectivity index (χ1n) is 6.66. The van der Waals surface area contributed by atoms with Gasteiger partial charge in [0, 0.05) is 12.7 Å². The van der Waals surface area contributed by atoms with Crippen molar-refractivity contribution in [2.75, 3.05) is 32.9 Å². The number of carbonyl (C=O) groups is 1.